The molecule has 1 aromatic heterocycles. The number of aromatic nitrogens is 1. The van der Waals surface area contributed by atoms with E-state index in [1.807, 2.05) is 60.7 Å². The van der Waals surface area contributed by atoms with Crippen LogP contribution in [-0.2, 0) is 6.54 Å². The van der Waals surface area contributed by atoms with Crippen molar-refractivity contribution >= 4 is 10.9 Å². The molecule has 0 amide bonds. The molecule has 0 radical (unpaired) electrons. The second kappa shape index (κ2) is 4.57. The van der Waals surface area contributed by atoms with Crippen LogP contribution in [0.3, 0.4) is 0 Å². The molecular weight excluding hydrogens is 225 g/mol. The first-order valence-corrected chi connectivity index (χ1v) is 5.95. The van der Waals surface area contributed by atoms with Crippen LogP contribution in [0, 0.1) is 5.95 Å². The van der Waals surface area contributed by atoms with E-state index in [4.69, 9.17) is 0 Å². The second-order valence-electron chi connectivity index (χ2n) is 4.29. The second-order valence-corrected chi connectivity index (χ2v) is 4.29. The average Bonchev–Trinajstić information content (AvgIpc) is 2.43. The first-order chi connectivity index (χ1) is 8.84. The summed E-state index contributed by atoms with van der Waals surface area (Å²) in [5.74, 6) is -0.211. The molecule has 3 rings (SSSR count). The zero-order valence-corrected chi connectivity index (χ0v) is 9.88. The first-order valence-electron chi connectivity index (χ1n) is 5.95. The molecule has 0 atom stereocenters. The van der Waals surface area contributed by atoms with Crippen molar-refractivity contribution in [1.29, 1.82) is 0 Å². The van der Waals surface area contributed by atoms with Gasteiger partial charge in [-0.15, -0.1) is 4.39 Å². The van der Waals surface area contributed by atoms with Crippen molar-refractivity contribution in [2.75, 3.05) is 0 Å². The third-order valence-electron chi connectivity index (χ3n) is 3.07. The minimum atomic E-state index is -0.211. The lowest BCUT2D eigenvalue weighted by molar-refractivity contribution is -0.691. The van der Waals surface area contributed by atoms with Gasteiger partial charge in [0.2, 0.25) is 5.52 Å². The summed E-state index contributed by atoms with van der Waals surface area (Å²) in [5.41, 5.74) is 2.01. The summed E-state index contributed by atoms with van der Waals surface area (Å²) in [7, 11) is 0. The highest BCUT2D eigenvalue weighted by molar-refractivity contribution is 5.75. The van der Waals surface area contributed by atoms with Crippen LogP contribution in [0.4, 0.5) is 4.39 Å². The standard InChI is InChI=1S/C16H13FN/c17-16-11-10-14-8-4-5-9-15(14)18(16)12-13-6-2-1-3-7-13/h1-11H,12H2/q+1. The number of fused-ring (bicyclic) bond motifs is 1. The molecule has 88 valence electrons. The van der Waals surface area contributed by atoms with Crippen molar-refractivity contribution < 1.29 is 8.96 Å². The van der Waals surface area contributed by atoms with Crippen molar-refractivity contribution in [3.8, 4) is 0 Å². The summed E-state index contributed by atoms with van der Waals surface area (Å²) in [4.78, 5) is 0. The Morgan fingerprint density at radius 2 is 1.50 bits per heavy atom. The van der Waals surface area contributed by atoms with E-state index >= 15 is 0 Å². The zero-order chi connectivity index (χ0) is 12.4. The van der Waals surface area contributed by atoms with Gasteiger partial charge in [-0.2, -0.15) is 4.57 Å². The number of para-hydroxylation sites is 1. The molecular formula is C16H13FN+. The van der Waals surface area contributed by atoms with Gasteiger partial charge in [0.15, 0.2) is 6.54 Å². The molecule has 0 unspecified atom stereocenters. The Labute approximate surface area is 105 Å². The van der Waals surface area contributed by atoms with E-state index in [9.17, 15) is 4.39 Å². The maximum absolute atomic E-state index is 14.0. The third-order valence-corrected chi connectivity index (χ3v) is 3.07. The van der Waals surface area contributed by atoms with Gasteiger partial charge in [0.05, 0.1) is 0 Å². The van der Waals surface area contributed by atoms with Crippen LogP contribution >= 0.6 is 0 Å². The van der Waals surface area contributed by atoms with E-state index in [0.29, 0.717) is 6.54 Å². The van der Waals surface area contributed by atoms with Gasteiger partial charge in [-0.1, -0.05) is 42.5 Å². The highest BCUT2D eigenvalue weighted by atomic mass is 19.1. The number of hydrogen-bond donors (Lipinski definition) is 0. The number of halogens is 1. The topological polar surface area (TPSA) is 3.88 Å². The Hall–Kier alpha value is -2.22. The van der Waals surface area contributed by atoms with Crippen LogP contribution in [-0.4, -0.2) is 0 Å². The maximum Gasteiger partial charge on any atom is 0.360 e. The van der Waals surface area contributed by atoms with Gasteiger partial charge in [-0.25, -0.2) is 0 Å². The molecule has 1 nitrogen and oxygen atoms in total. The van der Waals surface area contributed by atoms with E-state index in [0.717, 1.165) is 16.5 Å². The van der Waals surface area contributed by atoms with E-state index < -0.39 is 0 Å². The average molecular weight is 238 g/mol. The van der Waals surface area contributed by atoms with Crippen LogP contribution in [0.2, 0.25) is 0 Å². The summed E-state index contributed by atoms with van der Waals surface area (Å²) in [6, 6.07) is 21.1. The smallest absolute Gasteiger partial charge is 0.162 e. The SMILES string of the molecule is Fc1ccc2ccccc2[n+]1Cc1ccccc1. The van der Waals surface area contributed by atoms with E-state index in [1.165, 1.54) is 6.07 Å². The van der Waals surface area contributed by atoms with Crippen molar-refractivity contribution in [1.82, 2.24) is 0 Å². The molecule has 18 heavy (non-hydrogen) atoms. The van der Waals surface area contributed by atoms with Crippen LogP contribution in [0.25, 0.3) is 10.9 Å². The Balaban J connectivity index is 2.13. The lowest BCUT2D eigenvalue weighted by atomic mass is 10.2. The summed E-state index contributed by atoms with van der Waals surface area (Å²) < 4.78 is 15.7. The summed E-state index contributed by atoms with van der Waals surface area (Å²) >= 11 is 0. The predicted molar refractivity (Wildman–Crippen MR) is 69.6 cm³/mol. The molecule has 0 saturated carbocycles. The molecule has 2 heteroatoms. The number of rotatable bonds is 2. The molecule has 0 saturated heterocycles. The molecule has 0 fully saturated rings. The molecule has 0 aliphatic carbocycles. The maximum atomic E-state index is 14.0. The van der Waals surface area contributed by atoms with E-state index in [-0.39, 0.29) is 5.95 Å². The Bertz CT molecular complexity index is 677. The number of nitrogens with zero attached hydrogens (tertiary/aromatic N) is 1. The summed E-state index contributed by atoms with van der Waals surface area (Å²) in [6.45, 7) is 0.550. The normalized spacial score (nSPS) is 10.7. The number of hydrogen-bond acceptors (Lipinski definition) is 0. The third kappa shape index (κ3) is 1.97. The van der Waals surface area contributed by atoms with Crippen molar-refractivity contribution in [3.63, 3.8) is 0 Å². The van der Waals surface area contributed by atoms with Crippen LogP contribution in [0.15, 0.2) is 66.7 Å². The highest BCUT2D eigenvalue weighted by Crippen LogP contribution is 2.11. The van der Waals surface area contributed by atoms with Gasteiger partial charge < -0.3 is 0 Å². The monoisotopic (exact) mass is 238 g/mol. The largest absolute Gasteiger partial charge is 0.360 e. The van der Waals surface area contributed by atoms with E-state index in [2.05, 4.69) is 0 Å². The van der Waals surface area contributed by atoms with Crippen molar-refractivity contribution in [3.05, 3.63) is 78.2 Å². The lowest BCUT2D eigenvalue weighted by Gasteiger charge is -2.02. The molecule has 0 aliphatic heterocycles. The Morgan fingerprint density at radius 3 is 2.33 bits per heavy atom. The van der Waals surface area contributed by atoms with Gasteiger partial charge >= 0.3 is 5.95 Å². The predicted octanol–water partition coefficient (Wildman–Crippen LogP) is 3.31. The zero-order valence-electron chi connectivity index (χ0n) is 9.88. The number of pyridine rings is 1. The first kappa shape index (κ1) is 10.9. The Morgan fingerprint density at radius 1 is 0.778 bits per heavy atom. The van der Waals surface area contributed by atoms with Gasteiger partial charge in [0.1, 0.15) is 0 Å². The molecule has 2 aromatic carbocycles. The Kier molecular flexibility index (Phi) is 2.77. The van der Waals surface area contributed by atoms with Gasteiger partial charge in [-0.3, -0.25) is 0 Å². The quantitative estimate of drug-likeness (QED) is 0.476. The molecule has 0 N–H and O–H groups in total. The number of benzene rings is 2. The minimum absolute atomic E-state index is 0.211. The minimum Gasteiger partial charge on any atom is -0.162 e. The molecule has 0 spiro atoms. The molecule has 0 bridgehead atoms. The molecule has 1 heterocycles. The van der Waals surface area contributed by atoms with Crippen LogP contribution in [0.1, 0.15) is 5.56 Å². The molecule has 0 aliphatic rings. The van der Waals surface area contributed by atoms with Crippen molar-refractivity contribution in [2.45, 2.75) is 6.54 Å². The molecule has 3 aromatic rings. The van der Waals surface area contributed by atoms with Crippen molar-refractivity contribution in [2.24, 2.45) is 0 Å². The highest BCUT2D eigenvalue weighted by Gasteiger charge is 2.15. The van der Waals surface area contributed by atoms with Gasteiger partial charge in [0, 0.05) is 23.1 Å². The van der Waals surface area contributed by atoms with Gasteiger partial charge in [0.25, 0.3) is 0 Å². The van der Waals surface area contributed by atoms with Crippen LogP contribution < -0.4 is 4.57 Å². The fourth-order valence-corrected chi connectivity index (χ4v) is 2.16. The fourth-order valence-electron chi connectivity index (χ4n) is 2.16. The van der Waals surface area contributed by atoms with Gasteiger partial charge in [-0.05, 0) is 12.1 Å². The fraction of sp³-hybridized carbons (Fsp3) is 0.0625. The van der Waals surface area contributed by atoms with E-state index in [1.54, 1.807) is 4.57 Å². The summed E-state index contributed by atoms with van der Waals surface area (Å²) in [5, 5.41) is 1.05. The summed E-state index contributed by atoms with van der Waals surface area (Å²) in [6.07, 6.45) is 0. The van der Waals surface area contributed by atoms with Crippen LogP contribution in [0.5, 0.6) is 0 Å². The lowest BCUT2D eigenvalue weighted by Crippen LogP contribution is -2.39.